The molecule has 0 N–H and O–H groups in total. The highest BCUT2D eigenvalue weighted by molar-refractivity contribution is 7.87. The summed E-state index contributed by atoms with van der Waals surface area (Å²) in [7, 11) is -3.25. The van der Waals surface area contributed by atoms with Crippen LogP contribution in [0.1, 0.15) is 63.5 Å². The number of benzene rings is 2. The number of hydrogen-bond donors (Lipinski definition) is 0. The van der Waals surface area contributed by atoms with Gasteiger partial charge in [-0.2, -0.15) is 21.6 Å². The van der Waals surface area contributed by atoms with Gasteiger partial charge in [-0.3, -0.25) is 4.79 Å². The van der Waals surface area contributed by atoms with E-state index in [4.69, 9.17) is 8.92 Å². The molecule has 6 rings (SSSR count). The zero-order valence-corrected chi connectivity index (χ0v) is 23.1. The van der Waals surface area contributed by atoms with E-state index >= 15 is 0 Å². The van der Waals surface area contributed by atoms with E-state index in [1.807, 2.05) is 18.7 Å². The first-order chi connectivity index (χ1) is 18.3. The van der Waals surface area contributed by atoms with Crippen LogP contribution in [0.2, 0.25) is 0 Å². The smallest absolute Gasteiger partial charge is 0.416 e. The van der Waals surface area contributed by atoms with Crippen LogP contribution in [0, 0.1) is 23.2 Å². The summed E-state index contributed by atoms with van der Waals surface area (Å²) >= 11 is 0. The summed E-state index contributed by atoms with van der Waals surface area (Å²) in [6.07, 6.45) is 1.80. The third-order valence-electron chi connectivity index (χ3n) is 8.61. The number of amides is 1. The molecule has 4 aliphatic carbocycles. The second-order valence-corrected chi connectivity index (χ2v) is 13.3. The van der Waals surface area contributed by atoms with E-state index in [2.05, 4.69) is 0 Å². The first-order valence-electron chi connectivity index (χ1n) is 13.4. The van der Waals surface area contributed by atoms with Crippen LogP contribution in [-0.4, -0.2) is 32.4 Å². The van der Waals surface area contributed by atoms with Crippen molar-refractivity contribution in [2.24, 2.45) is 23.2 Å². The molecule has 212 valence electrons. The molecular formula is C29H34F3NO5S. The number of ether oxygens (including phenoxy) is 1. The minimum Gasteiger partial charge on any atom is -0.493 e. The molecule has 1 amide bonds. The second-order valence-electron chi connectivity index (χ2n) is 11.8. The molecular weight excluding hydrogens is 531 g/mol. The van der Waals surface area contributed by atoms with Crippen LogP contribution in [0.4, 0.5) is 13.2 Å². The van der Waals surface area contributed by atoms with Gasteiger partial charge < -0.3 is 13.8 Å². The fourth-order valence-electron chi connectivity index (χ4n) is 7.24. The second kappa shape index (κ2) is 10.0. The molecule has 0 aromatic heterocycles. The highest BCUT2D eigenvalue weighted by Crippen LogP contribution is 2.60. The number of rotatable bonds is 8. The minimum atomic E-state index is -4.70. The number of nitrogens with zero attached hydrogens (tertiary/aromatic N) is 1. The molecule has 0 heterocycles. The zero-order chi connectivity index (χ0) is 28.2. The first kappa shape index (κ1) is 27.8. The third kappa shape index (κ3) is 5.49. The summed E-state index contributed by atoms with van der Waals surface area (Å²) in [5.74, 6) is 1.98. The molecule has 0 aliphatic heterocycles. The van der Waals surface area contributed by atoms with Crippen LogP contribution in [0.3, 0.4) is 0 Å². The average molecular weight is 566 g/mol. The largest absolute Gasteiger partial charge is 0.493 e. The molecule has 0 saturated heterocycles. The highest BCUT2D eigenvalue weighted by Gasteiger charge is 2.55. The highest BCUT2D eigenvalue weighted by atomic mass is 32.2. The van der Waals surface area contributed by atoms with Crippen molar-refractivity contribution < 1.29 is 35.3 Å². The van der Waals surface area contributed by atoms with Crippen molar-refractivity contribution in [1.29, 1.82) is 0 Å². The van der Waals surface area contributed by atoms with Crippen molar-refractivity contribution in [2.75, 3.05) is 7.11 Å². The van der Waals surface area contributed by atoms with E-state index in [9.17, 15) is 26.4 Å². The Balaban J connectivity index is 1.40. The Morgan fingerprint density at radius 3 is 2.15 bits per heavy atom. The Hall–Kier alpha value is -2.75. The number of methoxy groups -OCH3 is 1. The number of alkyl halides is 3. The van der Waals surface area contributed by atoms with E-state index in [-0.39, 0.29) is 35.4 Å². The molecule has 0 spiro atoms. The predicted octanol–water partition coefficient (Wildman–Crippen LogP) is 6.44. The Morgan fingerprint density at radius 1 is 1.00 bits per heavy atom. The molecule has 0 radical (unpaired) electrons. The molecule has 39 heavy (non-hydrogen) atoms. The fourth-order valence-corrected chi connectivity index (χ4v) is 8.22. The molecule has 10 heteroatoms. The summed E-state index contributed by atoms with van der Waals surface area (Å²) in [4.78, 5) is 15.3. The van der Waals surface area contributed by atoms with Crippen LogP contribution in [-0.2, 0) is 27.6 Å². The molecule has 4 fully saturated rings. The van der Waals surface area contributed by atoms with Crippen LogP contribution in [0.5, 0.6) is 11.5 Å². The normalized spacial score (nSPS) is 26.1. The van der Waals surface area contributed by atoms with E-state index in [0.717, 1.165) is 37.5 Å². The third-order valence-corrected chi connectivity index (χ3v) is 9.84. The first-order valence-corrected chi connectivity index (χ1v) is 14.8. The van der Waals surface area contributed by atoms with Gasteiger partial charge in [-0.25, -0.2) is 0 Å². The van der Waals surface area contributed by atoms with Gasteiger partial charge in [0.05, 0.1) is 18.1 Å². The summed E-state index contributed by atoms with van der Waals surface area (Å²) in [5.41, 5.74) is -0.780. The van der Waals surface area contributed by atoms with Gasteiger partial charge in [0.15, 0.2) is 11.5 Å². The van der Waals surface area contributed by atoms with Gasteiger partial charge in [-0.15, -0.1) is 0 Å². The zero-order valence-electron chi connectivity index (χ0n) is 22.3. The van der Waals surface area contributed by atoms with Crippen LogP contribution < -0.4 is 8.92 Å². The SMILES string of the molecule is COc1ccc(CN(C(=O)C23CC4CC(CC(C4)C2)C3)C(C)C)cc1OS(=O)(=O)c1cccc(C(F)(F)F)c1. The van der Waals surface area contributed by atoms with Crippen molar-refractivity contribution in [1.82, 2.24) is 4.90 Å². The minimum absolute atomic E-state index is 0.0779. The van der Waals surface area contributed by atoms with E-state index in [1.165, 1.54) is 32.4 Å². The van der Waals surface area contributed by atoms with Crippen molar-refractivity contribution >= 4 is 16.0 Å². The molecule has 4 bridgehead atoms. The Kier molecular flexibility index (Phi) is 7.14. The monoisotopic (exact) mass is 565 g/mol. The number of carbonyl (C=O) groups excluding carboxylic acids is 1. The van der Waals surface area contributed by atoms with Gasteiger partial charge in [0.2, 0.25) is 5.91 Å². The Morgan fingerprint density at radius 2 is 1.62 bits per heavy atom. The van der Waals surface area contributed by atoms with Gasteiger partial charge in [-0.05, 0) is 106 Å². The summed E-state index contributed by atoms with van der Waals surface area (Å²) in [5, 5.41) is 0. The summed E-state index contributed by atoms with van der Waals surface area (Å²) in [6.45, 7) is 4.19. The molecule has 2 aromatic carbocycles. The molecule has 6 nitrogen and oxygen atoms in total. The average Bonchev–Trinajstić information content (AvgIpc) is 2.85. The maximum atomic E-state index is 14.1. The van der Waals surface area contributed by atoms with Gasteiger partial charge in [0.1, 0.15) is 4.90 Å². The number of hydrogen-bond acceptors (Lipinski definition) is 5. The van der Waals surface area contributed by atoms with Crippen LogP contribution in [0.25, 0.3) is 0 Å². The fraction of sp³-hybridized carbons (Fsp3) is 0.552. The lowest BCUT2D eigenvalue weighted by atomic mass is 9.49. The van der Waals surface area contributed by atoms with Gasteiger partial charge in [0, 0.05) is 12.6 Å². The maximum Gasteiger partial charge on any atom is 0.416 e. The van der Waals surface area contributed by atoms with Crippen molar-refractivity contribution in [2.45, 2.75) is 76.0 Å². The Bertz CT molecular complexity index is 1320. The molecule has 2 aromatic rings. The van der Waals surface area contributed by atoms with E-state index in [1.54, 1.807) is 12.1 Å². The molecule has 4 aliphatic rings. The van der Waals surface area contributed by atoms with Gasteiger partial charge in [-0.1, -0.05) is 12.1 Å². The lowest BCUT2D eigenvalue weighted by Gasteiger charge is -2.57. The summed E-state index contributed by atoms with van der Waals surface area (Å²) < 4.78 is 75.9. The van der Waals surface area contributed by atoms with Gasteiger partial charge >= 0.3 is 16.3 Å². The molecule has 0 unspecified atom stereocenters. The van der Waals surface area contributed by atoms with Crippen LogP contribution >= 0.6 is 0 Å². The lowest BCUT2D eigenvalue weighted by molar-refractivity contribution is -0.160. The number of halogens is 3. The topological polar surface area (TPSA) is 72.9 Å². The standard InChI is InChI=1S/C29H34F3NO5S/c1-18(2)33(27(34)28-14-20-9-21(15-28)11-22(10-20)16-28)17-19-7-8-25(37-3)26(12-19)38-39(35,36)24-6-4-5-23(13-24)29(30,31)32/h4-8,12-13,18,20-22H,9-11,14-17H2,1-3H3. The van der Waals surface area contributed by atoms with Crippen molar-refractivity contribution in [3.8, 4) is 11.5 Å². The number of carbonyl (C=O) groups is 1. The maximum absolute atomic E-state index is 14.1. The molecule has 0 atom stereocenters. The van der Waals surface area contributed by atoms with Crippen molar-refractivity contribution in [3.63, 3.8) is 0 Å². The quantitative estimate of drug-likeness (QED) is 0.345. The van der Waals surface area contributed by atoms with E-state index < -0.39 is 26.8 Å². The lowest BCUT2D eigenvalue weighted by Crippen LogP contribution is -2.55. The van der Waals surface area contributed by atoms with E-state index in [0.29, 0.717) is 29.4 Å². The predicted molar refractivity (Wildman–Crippen MR) is 139 cm³/mol. The van der Waals surface area contributed by atoms with Crippen LogP contribution in [0.15, 0.2) is 47.4 Å². The van der Waals surface area contributed by atoms with Crippen molar-refractivity contribution in [3.05, 3.63) is 53.6 Å². The molecule has 4 saturated carbocycles. The summed E-state index contributed by atoms with van der Waals surface area (Å²) in [6, 6.07) is 8.08. The van der Waals surface area contributed by atoms with Gasteiger partial charge in [0.25, 0.3) is 0 Å². The Labute approximate surface area is 227 Å².